The van der Waals surface area contributed by atoms with Crippen LogP contribution in [0.1, 0.15) is 18.1 Å². The molecule has 0 atom stereocenters. The van der Waals surface area contributed by atoms with Crippen LogP contribution in [0.15, 0.2) is 11.6 Å². The third kappa shape index (κ3) is 1.89. The van der Waals surface area contributed by atoms with E-state index in [9.17, 15) is 4.79 Å². The molecule has 1 aromatic rings. The fraction of sp³-hybridized carbons (Fsp3) is 0.444. The highest BCUT2D eigenvalue weighted by molar-refractivity contribution is 7.66. The van der Waals surface area contributed by atoms with Crippen molar-refractivity contribution in [1.82, 2.24) is 0 Å². The number of carbonyl (C=O) groups is 1. The molecule has 1 aromatic heterocycles. The van der Waals surface area contributed by atoms with Gasteiger partial charge in [0.2, 0.25) is 0 Å². The molecule has 0 unspecified atom stereocenters. The minimum absolute atomic E-state index is 0.0799. The first-order valence-electron chi connectivity index (χ1n) is 3.97. The third-order valence-electron chi connectivity index (χ3n) is 1.77. The second-order valence-electron chi connectivity index (χ2n) is 2.73. The minimum Gasteiger partial charge on any atom is -0.460 e. The second kappa shape index (κ2) is 3.77. The van der Waals surface area contributed by atoms with Gasteiger partial charge in [-0.1, -0.05) is 0 Å². The molecule has 0 N–H and O–H groups in total. The molecule has 0 bridgehead atoms. The Labute approximate surface area is 73.6 Å². The molecule has 0 aliphatic carbocycles. The van der Waals surface area contributed by atoms with Crippen LogP contribution in [-0.2, 0) is 4.74 Å². The van der Waals surface area contributed by atoms with E-state index < -0.39 is 7.53 Å². The molecule has 1 rings (SSSR count). The molecule has 0 aromatic carbocycles. The Hall–Kier alpha value is -0.750. The molecule has 0 saturated heterocycles. The average molecular weight is 184 g/mol. The summed E-state index contributed by atoms with van der Waals surface area (Å²) in [6.07, 6.45) is 0. The van der Waals surface area contributed by atoms with Gasteiger partial charge in [0.05, 0.1) is 6.61 Å². The largest absolute Gasteiger partial charge is 0.460 e. The lowest BCUT2D eigenvalue weighted by molar-refractivity contribution is 0.181. The third-order valence-corrected chi connectivity index (χ3v) is 3.65. The zero-order valence-corrected chi connectivity index (χ0v) is 8.52. The van der Waals surface area contributed by atoms with E-state index in [0.717, 1.165) is 0 Å². The highest BCUT2D eigenvalue weighted by Crippen LogP contribution is 2.33. The summed E-state index contributed by atoms with van der Waals surface area (Å²) >= 11 is 0. The van der Waals surface area contributed by atoms with Gasteiger partial charge in [-0.3, -0.25) is 0 Å². The lowest BCUT2D eigenvalue weighted by atomic mass is 10.2. The van der Waals surface area contributed by atoms with Gasteiger partial charge < -0.3 is 4.74 Å². The van der Waals surface area contributed by atoms with Crippen LogP contribution < -0.4 is 0 Å². The highest BCUT2D eigenvalue weighted by Gasteiger charge is 2.07. The number of ether oxygens (including phenoxy) is 1. The van der Waals surface area contributed by atoms with Crippen molar-refractivity contribution in [3.63, 3.8) is 0 Å². The van der Waals surface area contributed by atoms with E-state index in [4.69, 9.17) is 4.74 Å². The summed E-state index contributed by atoms with van der Waals surface area (Å²) in [5.41, 5.74) is 2.33. The van der Waals surface area contributed by atoms with Crippen LogP contribution in [0.5, 0.6) is 0 Å². The van der Waals surface area contributed by atoms with Crippen molar-refractivity contribution in [3.8, 4) is 0 Å². The van der Waals surface area contributed by atoms with Gasteiger partial charge in [0, 0.05) is 0 Å². The molecule has 0 aliphatic rings. The molecular formula is C9H13O2P. The molecule has 0 radical (unpaired) electrons. The topological polar surface area (TPSA) is 26.3 Å². The summed E-state index contributed by atoms with van der Waals surface area (Å²) in [4.78, 5) is 11.3. The van der Waals surface area contributed by atoms with Crippen molar-refractivity contribution in [2.75, 3.05) is 6.61 Å². The number of hydrogen-bond acceptors (Lipinski definition) is 2. The lowest BCUT2D eigenvalue weighted by Gasteiger charge is -1.97. The molecule has 12 heavy (non-hydrogen) atoms. The van der Waals surface area contributed by atoms with Gasteiger partial charge in [0.15, 0.2) is 0 Å². The van der Waals surface area contributed by atoms with Crippen molar-refractivity contribution in [2.45, 2.75) is 20.8 Å². The van der Waals surface area contributed by atoms with Gasteiger partial charge in [0.1, 0.15) is 0 Å². The summed E-state index contributed by atoms with van der Waals surface area (Å²) in [6.45, 7) is 6.34. The predicted octanol–water partition coefficient (Wildman–Crippen LogP) is 3.29. The van der Waals surface area contributed by atoms with E-state index in [-0.39, 0.29) is 5.71 Å². The minimum atomic E-state index is -0.776. The lowest BCUT2D eigenvalue weighted by Crippen LogP contribution is -1.92. The van der Waals surface area contributed by atoms with E-state index in [1.165, 1.54) is 11.1 Å². The fourth-order valence-corrected chi connectivity index (χ4v) is 2.77. The molecule has 0 fully saturated rings. The Morgan fingerprint density at radius 3 is 2.33 bits per heavy atom. The first kappa shape index (κ1) is 9.34. The molecule has 1 heterocycles. The quantitative estimate of drug-likeness (QED) is 0.704. The normalized spacial score (nSPS) is 9.92. The van der Waals surface area contributed by atoms with Crippen molar-refractivity contribution in [1.29, 1.82) is 0 Å². The van der Waals surface area contributed by atoms with Gasteiger partial charge in [-0.2, -0.15) is 0 Å². The van der Waals surface area contributed by atoms with Gasteiger partial charge in [-0.05, 0) is 51.0 Å². The molecule has 0 saturated carbocycles. The molecule has 2 nitrogen and oxygen atoms in total. The zero-order chi connectivity index (χ0) is 9.14. The Balaban J connectivity index is 2.82. The molecule has 0 spiro atoms. The van der Waals surface area contributed by atoms with Gasteiger partial charge in [0.25, 0.3) is 0 Å². The van der Waals surface area contributed by atoms with E-state index in [1.54, 1.807) is 0 Å². The van der Waals surface area contributed by atoms with Crippen molar-refractivity contribution < 1.29 is 9.53 Å². The molecule has 3 heteroatoms. The van der Waals surface area contributed by atoms with Crippen LogP contribution >= 0.6 is 7.53 Å². The predicted molar refractivity (Wildman–Crippen MR) is 51.0 cm³/mol. The Bertz CT molecular complexity index is 269. The summed E-state index contributed by atoms with van der Waals surface area (Å²) in [7, 11) is -0.776. The first-order chi connectivity index (χ1) is 5.65. The fourth-order valence-electron chi connectivity index (χ4n) is 0.962. The van der Waals surface area contributed by atoms with Crippen LogP contribution in [0.25, 0.3) is 0 Å². The molecule has 0 amide bonds. The van der Waals surface area contributed by atoms with Crippen LogP contribution in [0.3, 0.4) is 0 Å². The van der Waals surface area contributed by atoms with E-state index in [1.807, 2.05) is 32.4 Å². The monoisotopic (exact) mass is 184 g/mol. The second-order valence-corrected chi connectivity index (χ2v) is 4.43. The molecule has 66 valence electrons. The van der Waals surface area contributed by atoms with Crippen molar-refractivity contribution in [2.24, 2.45) is 0 Å². The number of hydrogen-bond donors (Lipinski definition) is 0. The highest BCUT2D eigenvalue weighted by atomic mass is 31.1. The number of rotatable bonds is 2. The van der Waals surface area contributed by atoms with Gasteiger partial charge in [-0.25, -0.2) is 4.79 Å². The van der Waals surface area contributed by atoms with Gasteiger partial charge in [-0.15, -0.1) is 0 Å². The van der Waals surface area contributed by atoms with Crippen molar-refractivity contribution in [3.05, 3.63) is 22.7 Å². The molecular weight excluding hydrogens is 171 g/mol. The van der Waals surface area contributed by atoms with E-state index in [0.29, 0.717) is 6.61 Å². The Morgan fingerprint density at radius 2 is 1.92 bits per heavy atom. The zero-order valence-electron chi connectivity index (χ0n) is 7.63. The van der Waals surface area contributed by atoms with Crippen LogP contribution in [0.2, 0.25) is 0 Å². The Morgan fingerprint density at radius 1 is 1.42 bits per heavy atom. The Kier molecular flexibility index (Phi) is 2.93. The van der Waals surface area contributed by atoms with Gasteiger partial charge >= 0.3 is 5.71 Å². The maximum Gasteiger partial charge on any atom is 0.351 e. The SMILES string of the molecule is CCOC(=O)p1cc(C)c(C)c1. The van der Waals surface area contributed by atoms with Crippen molar-refractivity contribution >= 4 is 13.2 Å². The summed E-state index contributed by atoms with van der Waals surface area (Å²) < 4.78 is 4.92. The van der Waals surface area contributed by atoms with Crippen LogP contribution in [-0.4, -0.2) is 12.3 Å². The molecule has 0 aliphatic heterocycles. The van der Waals surface area contributed by atoms with E-state index >= 15 is 0 Å². The average Bonchev–Trinajstić information content (AvgIpc) is 2.33. The maximum absolute atomic E-state index is 11.3. The summed E-state index contributed by atoms with van der Waals surface area (Å²) in [5, 5.41) is 0. The summed E-state index contributed by atoms with van der Waals surface area (Å²) in [5.74, 6) is 4.01. The smallest absolute Gasteiger partial charge is 0.351 e. The number of carbonyl (C=O) groups excluding carboxylic acids is 1. The number of aryl methyl sites for hydroxylation is 2. The first-order valence-corrected chi connectivity index (χ1v) is 5.45. The van der Waals surface area contributed by atoms with E-state index in [2.05, 4.69) is 0 Å². The van der Waals surface area contributed by atoms with Crippen LogP contribution in [0, 0.1) is 13.8 Å². The standard InChI is InChI=1S/C9H13O2P/c1-4-11-9(10)12-5-7(2)8(3)6-12/h5-6H,4H2,1-3H3. The van der Waals surface area contributed by atoms with Crippen LogP contribution in [0.4, 0.5) is 4.79 Å². The summed E-state index contributed by atoms with van der Waals surface area (Å²) in [6, 6.07) is 0. The maximum atomic E-state index is 11.3.